The van der Waals surface area contributed by atoms with E-state index in [-0.39, 0.29) is 11.6 Å². The first-order valence-corrected chi connectivity index (χ1v) is 17.0. The summed E-state index contributed by atoms with van der Waals surface area (Å²) in [5, 5.41) is 4.07. The molecule has 0 N–H and O–H groups in total. The molecule has 3 rings (SSSR count). The predicted molar refractivity (Wildman–Crippen MR) is 181 cm³/mol. The molecule has 0 aromatic heterocycles. The highest BCUT2D eigenvalue weighted by Gasteiger charge is 2.15. The van der Waals surface area contributed by atoms with Crippen LogP contribution in [0.15, 0.2) is 48.5 Å². The third-order valence-corrected chi connectivity index (χ3v) is 8.47. The number of benzene rings is 3. The average molecular weight is 573 g/mol. The first-order valence-electron chi connectivity index (χ1n) is 17.0. The molecular weight excluding hydrogens is 516 g/mol. The molecule has 0 atom stereocenters. The molecule has 0 amide bonds. The standard InChI is InChI=1S/C38H56N2O2/c1-5-9-25-39(23-7-3)27-13-11-21-37(41)33-19-15-17-31-29-32-18-16-20-34(36(32)30-35(31)33)38(42)22-12-14-28-40(24-8-4)26-10-6-2/h15-20,29-30H,5-14,21-28H2,1-4H3. The van der Waals surface area contributed by atoms with E-state index in [1.54, 1.807) is 0 Å². The van der Waals surface area contributed by atoms with Crippen molar-refractivity contribution in [1.82, 2.24) is 9.80 Å². The Bertz CT molecular complexity index is 1160. The van der Waals surface area contributed by atoms with Crippen LogP contribution in [-0.2, 0) is 0 Å². The molecule has 0 aliphatic rings. The zero-order valence-corrected chi connectivity index (χ0v) is 27.1. The summed E-state index contributed by atoms with van der Waals surface area (Å²) in [6, 6.07) is 16.3. The number of rotatable bonds is 22. The van der Waals surface area contributed by atoms with Crippen molar-refractivity contribution >= 4 is 33.1 Å². The molecule has 0 aliphatic heterocycles. The van der Waals surface area contributed by atoms with Gasteiger partial charge in [0, 0.05) is 24.0 Å². The lowest BCUT2D eigenvalue weighted by atomic mass is 9.92. The van der Waals surface area contributed by atoms with Crippen molar-refractivity contribution in [2.45, 2.75) is 105 Å². The Balaban J connectivity index is 1.68. The number of carbonyl (C=O) groups is 2. The van der Waals surface area contributed by atoms with Gasteiger partial charge in [0.15, 0.2) is 11.6 Å². The molecule has 3 aromatic carbocycles. The van der Waals surface area contributed by atoms with E-state index >= 15 is 0 Å². The second-order valence-corrected chi connectivity index (χ2v) is 12.1. The van der Waals surface area contributed by atoms with Crippen LogP contribution in [0.5, 0.6) is 0 Å². The summed E-state index contributed by atoms with van der Waals surface area (Å²) in [4.78, 5) is 31.9. The van der Waals surface area contributed by atoms with Crippen molar-refractivity contribution in [3.05, 3.63) is 59.7 Å². The van der Waals surface area contributed by atoms with Gasteiger partial charge in [0.05, 0.1) is 0 Å². The van der Waals surface area contributed by atoms with Gasteiger partial charge >= 0.3 is 0 Å². The SMILES string of the molecule is CCCCN(CCC)CCCCC(=O)c1cccc2cc3cccc(C(=O)CCCCN(CCC)CCCC)c3cc12. The Morgan fingerprint density at radius 1 is 0.500 bits per heavy atom. The number of nitrogens with zero attached hydrogens (tertiary/aromatic N) is 2. The molecule has 4 heteroatoms. The minimum Gasteiger partial charge on any atom is -0.303 e. The highest BCUT2D eigenvalue weighted by Crippen LogP contribution is 2.29. The summed E-state index contributed by atoms with van der Waals surface area (Å²) in [6.45, 7) is 15.7. The van der Waals surface area contributed by atoms with Crippen LogP contribution in [0, 0.1) is 0 Å². The lowest BCUT2D eigenvalue weighted by molar-refractivity contribution is 0.0971. The van der Waals surface area contributed by atoms with Crippen LogP contribution in [0.25, 0.3) is 21.5 Å². The molecule has 0 unspecified atom stereocenters. The van der Waals surface area contributed by atoms with Crippen molar-refractivity contribution in [3.63, 3.8) is 0 Å². The van der Waals surface area contributed by atoms with Crippen molar-refractivity contribution in [2.75, 3.05) is 39.3 Å². The average Bonchev–Trinajstić information content (AvgIpc) is 3.00. The molecule has 0 saturated carbocycles. The van der Waals surface area contributed by atoms with Gasteiger partial charge in [0.25, 0.3) is 0 Å². The molecular formula is C38H56N2O2. The Labute approximate surface area is 255 Å². The quantitative estimate of drug-likeness (QED) is 0.0682. The first kappa shape index (κ1) is 33.9. The molecule has 0 bridgehead atoms. The second-order valence-electron chi connectivity index (χ2n) is 12.1. The Hall–Kier alpha value is -2.56. The number of Topliss-reactive ketones (excluding diaryl/α,β-unsaturated/α-hetero) is 2. The van der Waals surface area contributed by atoms with Gasteiger partial charge in [0.2, 0.25) is 0 Å². The van der Waals surface area contributed by atoms with Gasteiger partial charge in [-0.25, -0.2) is 0 Å². The third kappa shape index (κ3) is 10.3. The third-order valence-electron chi connectivity index (χ3n) is 8.47. The fourth-order valence-electron chi connectivity index (χ4n) is 6.12. The highest BCUT2D eigenvalue weighted by molar-refractivity contribution is 6.15. The van der Waals surface area contributed by atoms with E-state index in [4.69, 9.17) is 0 Å². The fraction of sp³-hybridized carbons (Fsp3) is 0.579. The van der Waals surface area contributed by atoms with Gasteiger partial charge < -0.3 is 9.80 Å². The molecule has 230 valence electrons. The second kappa shape index (κ2) is 18.9. The lowest BCUT2D eigenvalue weighted by Crippen LogP contribution is -2.27. The van der Waals surface area contributed by atoms with Crippen molar-refractivity contribution in [2.24, 2.45) is 0 Å². The molecule has 0 radical (unpaired) electrons. The smallest absolute Gasteiger partial charge is 0.163 e. The normalized spacial score (nSPS) is 11.8. The maximum atomic E-state index is 13.4. The van der Waals surface area contributed by atoms with Crippen LogP contribution in [0.4, 0.5) is 0 Å². The minimum atomic E-state index is 0.207. The number of ketones is 2. The Morgan fingerprint density at radius 3 is 1.33 bits per heavy atom. The van der Waals surface area contributed by atoms with Crippen LogP contribution < -0.4 is 0 Å². The van der Waals surface area contributed by atoms with Crippen molar-refractivity contribution in [3.8, 4) is 0 Å². The predicted octanol–water partition coefficient (Wildman–Crippen LogP) is 9.72. The van der Waals surface area contributed by atoms with Crippen LogP contribution in [0.3, 0.4) is 0 Å². The number of hydrogen-bond donors (Lipinski definition) is 0. The van der Waals surface area contributed by atoms with E-state index in [9.17, 15) is 9.59 Å². The van der Waals surface area contributed by atoms with Crippen molar-refractivity contribution in [1.29, 1.82) is 0 Å². The molecule has 42 heavy (non-hydrogen) atoms. The zero-order valence-electron chi connectivity index (χ0n) is 27.1. The number of fused-ring (bicyclic) bond motifs is 2. The van der Waals surface area contributed by atoms with E-state index in [0.29, 0.717) is 12.8 Å². The maximum Gasteiger partial charge on any atom is 0.163 e. The van der Waals surface area contributed by atoms with Gasteiger partial charge in [0.1, 0.15) is 0 Å². The largest absolute Gasteiger partial charge is 0.303 e. The van der Waals surface area contributed by atoms with Crippen LogP contribution in [0.1, 0.15) is 125 Å². The lowest BCUT2D eigenvalue weighted by Gasteiger charge is -2.21. The molecule has 4 nitrogen and oxygen atoms in total. The summed E-state index contributed by atoms with van der Waals surface area (Å²) in [5.41, 5.74) is 1.58. The van der Waals surface area contributed by atoms with E-state index in [1.807, 2.05) is 24.3 Å². The monoisotopic (exact) mass is 572 g/mol. The summed E-state index contributed by atoms with van der Waals surface area (Å²) in [5.74, 6) is 0.415. The first-order chi connectivity index (χ1) is 20.5. The van der Waals surface area contributed by atoms with Gasteiger partial charge in [-0.3, -0.25) is 9.59 Å². The number of carbonyl (C=O) groups excluding carboxylic acids is 2. The van der Waals surface area contributed by atoms with E-state index < -0.39 is 0 Å². The van der Waals surface area contributed by atoms with Crippen LogP contribution in [-0.4, -0.2) is 60.6 Å². The molecule has 0 aliphatic carbocycles. The van der Waals surface area contributed by atoms with Gasteiger partial charge in [-0.05, 0) is 124 Å². The van der Waals surface area contributed by atoms with Crippen LogP contribution in [0.2, 0.25) is 0 Å². The molecule has 0 spiro atoms. The summed E-state index contributed by atoms with van der Waals surface area (Å²) < 4.78 is 0. The molecule has 0 saturated heterocycles. The summed E-state index contributed by atoms with van der Waals surface area (Å²) in [7, 11) is 0. The van der Waals surface area contributed by atoms with Gasteiger partial charge in [-0.1, -0.05) is 76.9 Å². The minimum absolute atomic E-state index is 0.207. The Morgan fingerprint density at radius 2 is 0.929 bits per heavy atom. The van der Waals surface area contributed by atoms with Crippen molar-refractivity contribution < 1.29 is 9.59 Å². The Kier molecular flexibility index (Phi) is 15.2. The molecule has 0 fully saturated rings. The molecule has 0 heterocycles. The van der Waals surface area contributed by atoms with Gasteiger partial charge in [-0.15, -0.1) is 0 Å². The van der Waals surface area contributed by atoms with Crippen LogP contribution >= 0.6 is 0 Å². The van der Waals surface area contributed by atoms with Gasteiger partial charge in [-0.2, -0.15) is 0 Å². The van der Waals surface area contributed by atoms with E-state index in [1.165, 1.54) is 38.5 Å². The maximum absolute atomic E-state index is 13.4. The summed E-state index contributed by atoms with van der Waals surface area (Å²) >= 11 is 0. The summed E-state index contributed by atoms with van der Waals surface area (Å²) in [6.07, 6.45) is 12.3. The number of hydrogen-bond acceptors (Lipinski definition) is 4. The highest BCUT2D eigenvalue weighted by atomic mass is 16.1. The topological polar surface area (TPSA) is 40.6 Å². The number of unbranched alkanes of at least 4 members (excludes halogenated alkanes) is 4. The fourth-order valence-corrected chi connectivity index (χ4v) is 6.12. The molecule has 3 aromatic rings. The zero-order chi connectivity index (χ0) is 30.2. The van der Waals surface area contributed by atoms with E-state index in [2.05, 4.69) is 61.8 Å². The van der Waals surface area contributed by atoms with E-state index in [0.717, 1.165) is 97.6 Å².